The molecule has 5 nitrogen and oxygen atoms in total. The molecule has 1 aliphatic rings. The molecule has 1 saturated heterocycles. The summed E-state index contributed by atoms with van der Waals surface area (Å²) in [5.74, 6) is -0.124. The van der Waals surface area contributed by atoms with E-state index in [4.69, 9.17) is 0 Å². The average Bonchev–Trinajstić information content (AvgIpc) is 2.33. The number of carbonyl (C=O) groups excluding carboxylic acids is 1. The lowest BCUT2D eigenvalue weighted by molar-refractivity contribution is -0.404. The van der Waals surface area contributed by atoms with E-state index in [1.165, 1.54) is 11.8 Å². The van der Waals surface area contributed by atoms with Crippen LogP contribution in [-0.2, 0) is 4.79 Å². The van der Waals surface area contributed by atoms with Gasteiger partial charge in [0.2, 0.25) is 5.91 Å². The van der Waals surface area contributed by atoms with Gasteiger partial charge in [0.1, 0.15) is 0 Å². The van der Waals surface area contributed by atoms with E-state index in [1.54, 1.807) is 0 Å². The normalized spacial score (nSPS) is 20.1. The van der Waals surface area contributed by atoms with Gasteiger partial charge in [-0.1, -0.05) is 0 Å². The highest BCUT2D eigenvalue weighted by Crippen LogP contribution is 2.20. The van der Waals surface area contributed by atoms with E-state index in [0.717, 1.165) is 12.6 Å². The first-order valence-corrected chi connectivity index (χ1v) is 3.73. The van der Waals surface area contributed by atoms with Gasteiger partial charge in [0, 0.05) is 13.5 Å². The minimum atomic E-state index is -0.517. The zero-order valence-electron chi connectivity index (χ0n) is 6.82. The Hall–Kier alpha value is -1.39. The number of hydrogen-bond acceptors (Lipinski definition) is 3. The Labute approximate surface area is 69.8 Å². The van der Waals surface area contributed by atoms with Gasteiger partial charge in [0.05, 0.1) is 10.6 Å². The van der Waals surface area contributed by atoms with Gasteiger partial charge < -0.3 is 4.90 Å². The molecule has 0 aromatic heterocycles. The lowest BCUT2D eigenvalue weighted by Gasteiger charge is -2.12. The van der Waals surface area contributed by atoms with E-state index in [9.17, 15) is 14.9 Å². The molecule has 0 atom stereocenters. The van der Waals surface area contributed by atoms with Crippen molar-refractivity contribution in [3.05, 3.63) is 22.0 Å². The topological polar surface area (TPSA) is 63.5 Å². The number of likely N-dealkylation sites (tertiary alicyclic amines) is 1. The van der Waals surface area contributed by atoms with Crippen LogP contribution in [0, 0.1) is 10.1 Å². The zero-order valence-corrected chi connectivity index (χ0v) is 6.82. The fourth-order valence-corrected chi connectivity index (χ4v) is 1.31. The van der Waals surface area contributed by atoms with E-state index >= 15 is 0 Å². The van der Waals surface area contributed by atoms with Crippen molar-refractivity contribution in [3.63, 3.8) is 0 Å². The van der Waals surface area contributed by atoms with Gasteiger partial charge in [-0.2, -0.15) is 0 Å². The number of nitrogens with zero attached hydrogens (tertiary/aromatic N) is 2. The third-order valence-electron chi connectivity index (χ3n) is 1.80. The number of nitro groups is 1. The monoisotopic (exact) mass is 170 g/mol. The van der Waals surface area contributed by atoms with E-state index in [0.29, 0.717) is 18.7 Å². The molecule has 1 heterocycles. The molecule has 0 saturated carbocycles. The van der Waals surface area contributed by atoms with Gasteiger partial charge >= 0.3 is 0 Å². The molecule has 5 heteroatoms. The summed E-state index contributed by atoms with van der Waals surface area (Å²) >= 11 is 0. The summed E-state index contributed by atoms with van der Waals surface area (Å²) < 4.78 is 0. The molecule has 0 aromatic rings. The molecule has 12 heavy (non-hydrogen) atoms. The summed E-state index contributed by atoms with van der Waals surface area (Å²) in [7, 11) is 0. The van der Waals surface area contributed by atoms with Gasteiger partial charge in [-0.25, -0.2) is 0 Å². The van der Waals surface area contributed by atoms with Crippen molar-refractivity contribution in [3.8, 4) is 0 Å². The summed E-state index contributed by atoms with van der Waals surface area (Å²) in [6.07, 6.45) is 2.36. The predicted molar refractivity (Wildman–Crippen MR) is 41.7 cm³/mol. The Bertz CT molecular complexity index is 247. The summed E-state index contributed by atoms with van der Waals surface area (Å²) in [5, 5.41) is 10.1. The molecule has 0 bridgehead atoms. The van der Waals surface area contributed by atoms with Gasteiger partial charge in [0.25, 0.3) is 6.20 Å². The van der Waals surface area contributed by atoms with Gasteiger partial charge in [-0.05, 0) is 12.8 Å². The number of amides is 1. The van der Waals surface area contributed by atoms with Gasteiger partial charge in [0.15, 0.2) is 0 Å². The first kappa shape index (κ1) is 8.70. The maximum absolute atomic E-state index is 10.9. The third-order valence-corrected chi connectivity index (χ3v) is 1.80. The molecule has 0 N–H and O–H groups in total. The highest BCUT2D eigenvalue weighted by molar-refractivity contribution is 5.75. The molecule has 1 fully saturated rings. The van der Waals surface area contributed by atoms with Crippen molar-refractivity contribution >= 4 is 5.91 Å². The standard InChI is InChI=1S/C7H10N2O3/c1-6(10)8-4-2-3-7(8)5-9(11)12/h5H,2-4H2,1H3/b7-5+. The van der Waals surface area contributed by atoms with Crippen molar-refractivity contribution < 1.29 is 9.72 Å². The maximum Gasteiger partial charge on any atom is 0.253 e. The van der Waals surface area contributed by atoms with Crippen LogP contribution in [0.1, 0.15) is 19.8 Å². The summed E-state index contributed by atoms with van der Waals surface area (Å²) in [6, 6.07) is 0. The minimum Gasteiger partial charge on any atom is -0.311 e. The Balaban J connectivity index is 2.76. The molecule has 1 aliphatic heterocycles. The van der Waals surface area contributed by atoms with Gasteiger partial charge in [-0.3, -0.25) is 14.9 Å². The van der Waals surface area contributed by atoms with Gasteiger partial charge in [-0.15, -0.1) is 0 Å². The lowest BCUT2D eigenvalue weighted by atomic mass is 10.3. The Morgan fingerprint density at radius 2 is 2.42 bits per heavy atom. The molecule has 1 rings (SSSR count). The van der Waals surface area contributed by atoms with Crippen LogP contribution < -0.4 is 0 Å². The predicted octanol–water partition coefficient (Wildman–Crippen LogP) is 0.747. The van der Waals surface area contributed by atoms with Crippen molar-refractivity contribution in [2.24, 2.45) is 0 Å². The average molecular weight is 170 g/mol. The number of hydrogen-bond donors (Lipinski definition) is 0. The zero-order chi connectivity index (χ0) is 9.14. The van der Waals surface area contributed by atoms with E-state index in [2.05, 4.69) is 0 Å². The smallest absolute Gasteiger partial charge is 0.253 e. The van der Waals surface area contributed by atoms with Crippen LogP contribution in [0.3, 0.4) is 0 Å². The first-order chi connectivity index (χ1) is 5.61. The summed E-state index contributed by atoms with van der Waals surface area (Å²) in [4.78, 5) is 21.9. The van der Waals surface area contributed by atoms with Crippen LogP contribution in [0.15, 0.2) is 11.9 Å². The molecule has 1 amide bonds. The Morgan fingerprint density at radius 1 is 1.75 bits per heavy atom. The Morgan fingerprint density at radius 3 is 2.92 bits per heavy atom. The summed E-state index contributed by atoms with van der Waals surface area (Å²) in [5.41, 5.74) is 0.521. The summed E-state index contributed by atoms with van der Waals surface area (Å²) in [6.45, 7) is 2.02. The fraction of sp³-hybridized carbons (Fsp3) is 0.571. The van der Waals surface area contributed by atoms with Crippen LogP contribution in [0.4, 0.5) is 0 Å². The highest BCUT2D eigenvalue weighted by atomic mass is 16.6. The second-order valence-electron chi connectivity index (χ2n) is 2.68. The molecular formula is C7H10N2O3. The number of carbonyl (C=O) groups is 1. The molecule has 0 aliphatic carbocycles. The minimum absolute atomic E-state index is 0.124. The van der Waals surface area contributed by atoms with E-state index in [-0.39, 0.29) is 5.91 Å². The molecule has 0 radical (unpaired) electrons. The first-order valence-electron chi connectivity index (χ1n) is 3.73. The van der Waals surface area contributed by atoms with Crippen molar-refractivity contribution in [2.45, 2.75) is 19.8 Å². The number of allylic oxidation sites excluding steroid dienone is 1. The van der Waals surface area contributed by atoms with Crippen LogP contribution in [-0.4, -0.2) is 22.3 Å². The molecule has 66 valence electrons. The van der Waals surface area contributed by atoms with Crippen LogP contribution in [0.5, 0.6) is 0 Å². The lowest BCUT2D eigenvalue weighted by Crippen LogP contribution is -2.23. The third kappa shape index (κ3) is 1.81. The van der Waals surface area contributed by atoms with Crippen LogP contribution in [0.2, 0.25) is 0 Å². The van der Waals surface area contributed by atoms with Crippen LogP contribution >= 0.6 is 0 Å². The maximum atomic E-state index is 10.9. The largest absolute Gasteiger partial charge is 0.311 e. The second-order valence-corrected chi connectivity index (χ2v) is 2.68. The second kappa shape index (κ2) is 3.34. The molecule has 0 aromatic carbocycles. The molecule has 0 spiro atoms. The number of rotatable bonds is 1. The molecule has 0 unspecified atom stereocenters. The van der Waals surface area contributed by atoms with E-state index in [1.807, 2.05) is 0 Å². The van der Waals surface area contributed by atoms with Crippen molar-refractivity contribution in [1.29, 1.82) is 0 Å². The SMILES string of the molecule is CC(=O)N1CCC/C1=C\[N+](=O)[O-]. The molecular weight excluding hydrogens is 160 g/mol. The van der Waals surface area contributed by atoms with E-state index < -0.39 is 4.92 Å². The van der Waals surface area contributed by atoms with Crippen molar-refractivity contribution in [1.82, 2.24) is 4.90 Å². The quantitative estimate of drug-likeness (QED) is 0.430. The van der Waals surface area contributed by atoms with Crippen LogP contribution in [0.25, 0.3) is 0 Å². The Kier molecular flexibility index (Phi) is 2.42. The highest BCUT2D eigenvalue weighted by Gasteiger charge is 2.22. The fourth-order valence-electron chi connectivity index (χ4n) is 1.31. The van der Waals surface area contributed by atoms with Crippen molar-refractivity contribution in [2.75, 3.05) is 6.54 Å².